The molecule has 2 rings (SSSR count). The maximum absolute atomic E-state index is 12.7. The van der Waals surface area contributed by atoms with Crippen LogP contribution in [0.2, 0.25) is 0 Å². The lowest BCUT2D eigenvalue weighted by Gasteiger charge is -2.20. The van der Waals surface area contributed by atoms with Crippen LogP contribution in [0, 0.1) is 0 Å². The molecule has 0 unspecified atom stereocenters. The van der Waals surface area contributed by atoms with Gasteiger partial charge in [0.25, 0.3) is 5.91 Å². The highest BCUT2D eigenvalue weighted by atomic mass is 19.4. The fraction of sp³-hybridized carbons (Fsp3) is 0.462. The van der Waals surface area contributed by atoms with Crippen molar-refractivity contribution in [3.63, 3.8) is 0 Å². The molecule has 3 nitrogen and oxygen atoms in total. The molecule has 19 heavy (non-hydrogen) atoms. The minimum absolute atomic E-state index is 0.0439. The average molecular weight is 272 g/mol. The van der Waals surface area contributed by atoms with Crippen molar-refractivity contribution < 1.29 is 18.0 Å². The summed E-state index contributed by atoms with van der Waals surface area (Å²) in [7, 11) is 0. The van der Waals surface area contributed by atoms with Crippen LogP contribution in [-0.4, -0.2) is 24.2 Å². The van der Waals surface area contributed by atoms with E-state index in [2.05, 4.69) is 10.6 Å². The Kier molecular flexibility index (Phi) is 3.43. The molecule has 1 aromatic carbocycles. The Morgan fingerprint density at radius 1 is 1.26 bits per heavy atom. The summed E-state index contributed by atoms with van der Waals surface area (Å²) in [6, 6.07) is 6.37. The topological polar surface area (TPSA) is 41.1 Å². The maximum atomic E-state index is 12.7. The van der Waals surface area contributed by atoms with Crippen LogP contribution < -0.4 is 10.6 Å². The number of hydrogen-bond donors (Lipinski definition) is 2. The van der Waals surface area contributed by atoms with Gasteiger partial charge in [0.05, 0.1) is 0 Å². The van der Waals surface area contributed by atoms with Crippen molar-refractivity contribution in [1.29, 1.82) is 0 Å². The number of rotatable bonds is 4. The second kappa shape index (κ2) is 4.75. The highest BCUT2D eigenvalue weighted by Gasteiger charge is 2.64. The van der Waals surface area contributed by atoms with E-state index in [9.17, 15) is 18.0 Å². The van der Waals surface area contributed by atoms with Crippen LogP contribution in [0.15, 0.2) is 24.3 Å². The van der Waals surface area contributed by atoms with Crippen LogP contribution in [0.25, 0.3) is 0 Å². The Balaban J connectivity index is 2.04. The van der Waals surface area contributed by atoms with Crippen molar-refractivity contribution in [3.05, 3.63) is 29.8 Å². The normalized spacial score (nSPS) is 16.8. The zero-order chi connectivity index (χ0) is 14.1. The number of nitrogens with one attached hydrogen (secondary N) is 2. The predicted molar refractivity (Wildman–Crippen MR) is 66.1 cm³/mol. The lowest BCUT2D eigenvalue weighted by atomic mass is 10.1. The minimum Gasteiger partial charge on any atom is -0.385 e. The summed E-state index contributed by atoms with van der Waals surface area (Å²) in [6.07, 6.45) is -4.47. The number of carbonyl (C=O) groups excluding carboxylic acids is 1. The van der Waals surface area contributed by atoms with Crippen molar-refractivity contribution in [2.45, 2.75) is 31.5 Å². The molecule has 1 amide bonds. The molecule has 1 aliphatic rings. The van der Waals surface area contributed by atoms with Crippen molar-refractivity contribution in [2.24, 2.45) is 0 Å². The van der Waals surface area contributed by atoms with Gasteiger partial charge in [-0.25, -0.2) is 0 Å². The smallest absolute Gasteiger partial charge is 0.385 e. The monoisotopic (exact) mass is 272 g/mol. The molecule has 0 bridgehead atoms. The first-order chi connectivity index (χ1) is 8.88. The summed E-state index contributed by atoms with van der Waals surface area (Å²) >= 11 is 0. The molecule has 2 N–H and O–H groups in total. The molecule has 6 heteroatoms. The van der Waals surface area contributed by atoms with Crippen molar-refractivity contribution in [2.75, 3.05) is 11.9 Å². The first kappa shape index (κ1) is 13.7. The number of benzene rings is 1. The third-order valence-corrected chi connectivity index (χ3v) is 3.17. The molecule has 0 atom stereocenters. The van der Waals surface area contributed by atoms with E-state index in [1.807, 2.05) is 6.92 Å². The largest absolute Gasteiger partial charge is 0.411 e. The zero-order valence-corrected chi connectivity index (χ0v) is 10.5. The summed E-state index contributed by atoms with van der Waals surface area (Å²) in [5.74, 6) is -0.683. The Bertz CT molecular complexity index is 464. The summed E-state index contributed by atoms with van der Waals surface area (Å²) < 4.78 is 38.1. The molecule has 1 aliphatic carbocycles. The van der Waals surface area contributed by atoms with Gasteiger partial charge in [0, 0.05) is 17.8 Å². The van der Waals surface area contributed by atoms with E-state index >= 15 is 0 Å². The molecule has 104 valence electrons. The molecular weight excluding hydrogens is 257 g/mol. The second-order valence-corrected chi connectivity index (χ2v) is 4.64. The molecule has 1 fully saturated rings. The van der Waals surface area contributed by atoms with Crippen LogP contribution in [0.3, 0.4) is 0 Å². The maximum Gasteiger partial charge on any atom is 0.411 e. The molecule has 1 aromatic rings. The predicted octanol–water partition coefficient (Wildman–Crippen LogP) is 2.94. The second-order valence-electron chi connectivity index (χ2n) is 4.64. The van der Waals surface area contributed by atoms with Crippen molar-refractivity contribution in [3.8, 4) is 0 Å². The van der Waals surface area contributed by atoms with Crippen LogP contribution in [0.4, 0.5) is 18.9 Å². The Morgan fingerprint density at radius 3 is 2.26 bits per heavy atom. The van der Waals surface area contributed by atoms with E-state index in [1.54, 1.807) is 12.1 Å². The summed E-state index contributed by atoms with van der Waals surface area (Å²) in [4.78, 5) is 11.8. The average Bonchev–Trinajstić information content (AvgIpc) is 3.10. The third-order valence-electron chi connectivity index (χ3n) is 3.17. The fourth-order valence-corrected chi connectivity index (χ4v) is 1.84. The number of hydrogen-bond acceptors (Lipinski definition) is 2. The van der Waals surface area contributed by atoms with Gasteiger partial charge in [-0.05, 0) is 44.0 Å². The number of anilines is 1. The Labute approximate surface area is 109 Å². The first-order valence-corrected chi connectivity index (χ1v) is 6.11. The molecule has 0 aliphatic heterocycles. The fourth-order valence-electron chi connectivity index (χ4n) is 1.84. The van der Waals surface area contributed by atoms with Crippen LogP contribution in [-0.2, 0) is 0 Å². The van der Waals surface area contributed by atoms with Crippen LogP contribution in [0.1, 0.15) is 30.1 Å². The molecular formula is C13H15F3N2O. The first-order valence-electron chi connectivity index (χ1n) is 6.11. The van der Waals surface area contributed by atoms with E-state index in [0.717, 1.165) is 12.2 Å². The number of alkyl halides is 3. The standard InChI is InChI=1S/C13H15F3N2O/c1-2-17-10-5-3-9(4-6-10)11(19)18-12(7-8-12)13(14,15)16/h3-6,17H,2,7-8H2,1H3,(H,18,19). The highest BCUT2D eigenvalue weighted by Crippen LogP contribution is 2.49. The van der Waals surface area contributed by atoms with Gasteiger partial charge in [0.2, 0.25) is 0 Å². The van der Waals surface area contributed by atoms with E-state index in [4.69, 9.17) is 0 Å². The Hall–Kier alpha value is -1.72. The molecule has 0 heterocycles. The van der Waals surface area contributed by atoms with E-state index in [1.165, 1.54) is 12.1 Å². The van der Waals surface area contributed by atoms with Crippen molar-refractivity contribution in [1.82, 2.24) is 5.32 Å². The van der Waals surface area contributed by atoms with Crippen LogP contribution >= 0.6 is 0 Å². The van der Waals surface area contributed by atoms with Gasteiger partial charge in [0.1, 0.15) is 5.54 Å². The van der Waals surface area contributed by atoms with Crippen LogP contribution in [0.5, 0.6) is 0 Å². The lowest BCUT2D eigenvalue weighted by molar-refractivity contribution is -0.163. The van der Waals surface area contributed by atoms with E-state index in [-0.39, 0.29) is 18.4 Å². The van der Waals surface area contributed by atoms with E-state index < -0.39 is 17.6 Å². The molecule has 0 saturated heterocycles. The van der Waals surface area contributed by atoms with Gasteiger partial charge in [0.15, 0.2) is 0 Å². The highest BCUT2D eigenvalue weighted by molar-refractivity contribution is 5.95. The third kappa shape index (κ3) is 2.83. The number of halogens is 3. The lowest BCUT2D eigenvalue weighted by Crippen LogP contribution is -2.47. The van der Waals surface area contributed by atoms with Gasteiger partial charge < -0.3 is 10.6 Å². The minimum atomic E-state index is -4.38. The van der Waals surface area contributed by atoms with Gasteiger partial charge in [-0.1, -0.05) is 0 Å². The van der Waals surface area contributed by atoms with Gasteiger partial charge >= 0.3 is 6.18 Å². The zero-order valence-electron chi connectivity index (χ0n) is 10.5. The van der Waals surface area contributed by atoms with Gasteiger partial charge in [-0.3, -0.25) is 4.79 Å². The molecule has 0 radical (unpaired) electrons. The SMILES string of the molecule is CCNc1ccc(C(=O)NC2(C(F)(F)F)CC2)cc1. The molecule has 0 aromatic heterocycles. The van der Waals surface area contributed by atoms with Crippen molar-refractivity contribution >= 4 is 11.6 Å². The summed E-state index contributed by atoms with van der Waals surface area (Å²) in [5, 5.41) is 5.14. The number of carbonyl (C=O) groups is 1. The molecule has 1 saturated carbocycles. The Morgan fingerprint density at radius 2 is 1.84 bits per heavy atom. The summed E-state index contributed by atoms with van der Waals surface area (Å²) in [5.41, 5.74) is -0.946. The van der Waals surface area contributed by atoms with Gasteiger partial charge in [-0.2, -0.15) is 13.2 Å². The quantitative estimate of drug-likeness (QED) is 0.884. The molecule has 0 spiro atoms. The number of amides is 1. The van der Waals surface area contributed by atoms with E-state index in [0.29, 0.717) is 0 Å². The van der Waals surface area contributed by atoms with Gasteiger partial charge in [-0.15, -0.1) is 0 Å². The summed E-state index contributed by atoms with van der Waals surface area (Å²) in [6.45, 7) is 2.67.